The summed E-state index contributed by atoms with van der Waals surface area (Å²) in [5.41, 5.74) is 11.8. The lowest BCUT2D eigenvalue weighted by Gasteiger charge is -2.32. The molecule has 0 saturated carbocycles. The molecule has 2 N–H and O–H groups in total. The summed E-state index contributed by atoms with van der Waals surface area (Å²) >= 11 is 0. The van der Waals surface area contributed by atoms with Gasteiger partial charge < -0.3 is 10.6 Å². The molecule has 1 unspecified atom stereocenters. The molecule has 1 saturated heterocycles. The molecule has 0 radical (unpaired) electrons. The molecule has 2 aromatic rings. The van der Waals surface area contributed by atoms with Crippen molar-refractivity contribution in [3.8, 4) is 0 Å². The molecular formula is C33H45Cl2N3O. The van der Waals surface area contributed by atoms with Gasteiger partial charge in [0.1, 0.15) is 0 Å². The number of ketones is 1. The Bertz CT molecular complexity index is 1120. The number of fused-ring (bicyclic) bond motifs is 1. The Hall–Kier alpha value is -2.11. The Labute approximate surface area is 247 Å². The van der Waals surface area contributed by atoms with Crippen molar-refractivity contribution in [1.82, 2.24) is 9.80 Å². The minimum atomic E-state index is 0. The van der Waals surface area contributed by atoms with Crippen LogP contribution in [0.5, 0.6) is 0 Å². The molecular weight excluding hydrogens is 525 g/mol. The molecule has 1 atom stereocenters. The minimum absolute atomic E-state index is 0. The largest absolute Gasteiger partial charge is 0.399 e. The zero-order valence-electron chi connectivity index (χ0n) is 23.1. The number of piperidine rings is 1. The standard InChI is InChI=1S/C33H43N3O.2ClH/c34-32-10-4-9-28(22-32)25-35-18-14-26(15-19-35)8-5-11-33(37)31-13-12-29-16-20-36(21-17-30(29)23-31)24-27-6-2-1-3-7-27;;/h1-4,6,9-10,12-13,22-23,26-27H,5,7-8,11,14-21,24-25,34H2;2*1H. The highest BCUT2D eigenvalue weighted by atomic mass is 35.5. The van der Waals surface area contributed by atoms with E-state index in [1.165, 1.54) is 36.0 Å². The van der Waals surface area contributed by atoms with Crippen LogP contribution in [0.1, 0.15) is 65.6 Å². The molecule has 0 aromatic heterocycles. The number of hydrogen-bond acceptors (Lipinski definition) is 4. The van der Waals surface area contributed by atoms with E-state index in [1.54, 1.807) is 0 Å². The van der Waals surface area contributed by atoms with Crippen molar-refractivity contribution in [1.29, 1.82) is 0 Å². The maximum Gasteiger partial charge on any atom is 0.162 e. The number of halogens is 2. The number of rotatable bonds is 9. The molecule has 0 amide bonds. The third kappa shape index (κ3) is 9.21. The highest BCUT2D eigenvalue weighted by Crippen LogP contribution is 2.25. The minimum Gasteiger partial charge on any atom is -0.399 e. The van der Waals surface area contributed by atoms with Gasteiger partial charge in [0.05, 0.1) is 0 Å². The molecule has 39 heavy (non-hydrogen) atoms. The second kappa shape index (κ2) is 15.6. The van der Waals surface area contributed by atoms with Crippen LogP contribution in [0.15, 0.2) is 66.8 Å². The molecule has 4 nitrogen and oxygen atoms in total. The summed E-state index contributed by atoms with van der Waals surface area (Å²) in [7, 11) is 0. The maximum atomic E-state index is 13.0. The first kappa shape index (κ1) is 31.4. The van der Waals surface area contributed by atoms with E-state index in [1.807, 2.05) is 12.1 Å². The average Bonchev–Trinajstić information content (AvgIpc) is 3.12. The van der Waals surface area contributed by atoms with Gasteiger partial charge in [-0.15, -0.1) is 24.8 Å². The lowest BCUT2D eigenvalue weighted by Crippen LogP contribution is -2.33. The van der Waals surface area contributed by atoms with Crippen molar-refractivity contribution >= 4 is 36.3 Å². The van der Waals surface area contributed by atoms with Gasteiger partial charge in [0.25, 0.3) is 0 Å². The lowest BCUT2D eigenvalue weighted by atomic mass is 9.90. The van der Waals surface area contributed by atoms with Crippen LogP contribution >= 0.6 is 24.8 Å². The van der Waals surface area contributed by atoms with Crippen LogP contribution in [0.25, 0.3) is 0 Å². The highest BCUT2D eigenvalue weighted by Gasteiger charge is 2.21. The van der Waals surface area contributed by atoms with E-state index < -0.39 is 0 Å². The molecule has 0 bridgehead atoms. The van der Waals surface area contributed by atoms with Gasteiger partial charge in [0, 0.05) is 43.9 Å². The number of benzene rings is 2. The topological polar surface area (TPSA) is 49.6 Å². The van der Waals surface area contributed by atoms with Gasteiger partial charge in [-0.25, -0.2) is 0 Å². The summed E-state index contributed by atoms with van der Waals surface area (Å²) in [4.78, 5) is 18.2. The fraction of sp³-hybridized carbons (Fsp3) is 0.485. The van der Waals surface area contributed by atoms with E-state index in [9.17, 15) is 4.79 Å². The number of allylic oxidation sites excluding steroid dienone is 3. The molecule has 0 spiro atoms. The van der Waals surface area contributed by atoms with Gasteiger partial charge in [-0.3, -0.25) is 9.69 Å². The molecule has 5 rings (SSSR count). The molecule has 1 aliphatic carbocycles. The van der Waals surface area contributed by atoms with Crippen molar-refractivity contribution in [2.24, 2.45) is 11.8 Å². The number of Topliss-reactive ketones (excluding diaryl/α,β-unsaturated/α-hetero) is 1. The number of carbonyl (C=O) groups excluding carboxylic acids is 1. The van der Waals surface area contributed by atoms with E-state index in [0.717, 1.165) is 82.1 Å². The van der Waals surface area contributed by atoms with Crippen LogP contribution in [0, 0.1) is 11.8 Å². The lowest BCUT2D eigenvalue weighted by molar-refractivity contribution is 0.0974. The third-order valence-electron chi connectivity index (χ3n) is 8.57. The summed E-state index contributed by atoms with van der Waals surface area (Å²) in [5.74, 6) is 1.71. The number of carbonyl (C=O) groups is 1. The molecule has 2 heterocycles. The molecule has 6 heteroatoms. The molecule has 3 aliphatic rings. The Morgan fingerprint density at radius 1 is 0.897 bits per heavy atom. The summed E-state index contributed by atoms with van der Waals surface area (Å²) in [6, 6.07) is 14.8. The van der Waals surface area contributed by atoms with Gasteiger partial charge >= 0.3 is 0 Å². The van der Waals surface area contributed by atoms with Gasteiger partial charge in [-0.05, 0) is 105 Å². The average molecular weight is 571 g/mol. The first-order chi connectivity index (χ1) is 18.1. The summed E-state index contributed by atoms with van der Waals surface area (Å²) < 4.78 is 0. The first-order valence-electron chi connectivity index (χ1n) is 14.4. The van der Waals surface area contributed by atoms with Crippen LogP contribution in [0.3, 0.4) is 0 Å². The molecule has 212 valence electrons. The molecule has 1 fully saturated rings. The maximum absolute atomic E-state index is 13.0. The third-order valence-corrected chi connectivity index (χ3v) is 8.57. The van der Waals surface area contributed by atoms with Crippen LogP contribution < -0.4 is 5.73 Å². The zero-order valence-corrected chi connectivity index (χ0v) is 24.7. The second-order valence-corrected chi connectivity index (χ2v) is 11.4. The Balaban J connectivity index is 0.00000210. The Morgan fingerprint density at radius 2 is 1.69 bits per heavy atom. The monoisotopic (exact) mass is 569 g/mol. The Morgan fingerprint density at radius 3 is 2.44 bits per heavy atom. The summed E-state index contributed by atoms with van der Waals surface area (Å²) in [6.07, 6.45) is 17.6. The number of nitrogen functional groups attached to an aromatic ring is 1. The van der Waals surface area contributed by atoms with Gasteiger partial charge in [0.15, 0.2) is 5.78 Å². The number of hydrogen-bond donors (Lipinski definition) is 1. The van der Waals surface area contributed by atoms with Gasteiger partial charge in [-0.2, -0.15) is 0 Å². The second-order valence-electron chi connectivity index (χ2n) is 11.4. The van der Waals surface area contributed by atoms with Crippen LogP contribution in [-0.4, -0.2) is 48.3 Å². The quantitative estimate of drug-likeness (QED) is 0.263. The highest BCUT2D eigenvalue weighted by molar-refractivity contribution is 5.96. The predicted molar refractivity (Wildman–Crippen MR) is 168 cm³/mol. The van der Waals surface area contributed by atoms with E-state index >= 15 is 0 Å². The van der Waals surface area contributed by atoms with Gasteiger partial charge in [-0.1, -0.05) is 48.6 Å². The van der Waals surface area contributed by atoms with E-state index in [0.29, 0.717) is 18.1 Å². The fourth-order valence-electron chi connectivity index (χ4n) is 6.30. The smallest absolute Gasteiger partial charge is 0.162 e. The normalized spacial score (nSPS) is 19.9. The molecule has 2 aromatic carbocycles. The summed E-state index contributed by atoms with van der Waals surface area (Å²) in [5, 5.41) is 0. The molecule has 2 aliphatic heterocycles. The van der Waals surface area contributed by atoms with E-state index in [-0.39, 0.29) is 24.8 Å². The van der Waals surface area contributed by atoms with Crippen LogP contribution in [-0.2, 0) is 19.4 Å². The summed E-state index contributed by atoms with van der Waals surface area (Å²) in [6.45, 7) is 6.62. The Kier molecular flexibility index (Phi) is 12.6. The zero-order chi connectivity index (χ0) is 25.5. The van der Waals surface area contributed by atoms with Crippen molar-refractivity contribution < 1.29 is 4.79 Å². The van der Waals surface area contributed by atoms with Crippen molar-refractivity contribution in [3.05, 3.63) is 89.0 Å². The first-order valence-corrected chi connectivity index (χ1v) is 14.4. The van der Waals surface area contributed by atoms with Crippen LogP contribution in [0.4, 0.5) is 5.69 Å². The van der Waals surface area contributed by atoms with Crippen LogP contribution in [0.2, 0.25) is 0 Å². The fourth-order valence-corrected chi connectivity index (χ4v) is 6.30. The van der Waals surface area contributed by atoms with E-state index in [2.05, 4.69) is 64.4 Å². The SMILES string of the molecule is Cl.Cl.Nc1cccc(CN2CCC(CCCC(=O)c3ccc4c(c3)CCN(CC3C=CC=CC3)CC4)CC2)c1. The van der Waals surface area contributed by atoms with Crippen molar-refractivity contribution in [2.75, 3.05) is 38.5 Å². The predicted octanol–water partition coefficient (Wildman–Crippen LogP) is 6.91. The number of nitrogens with zero attached hydrogens (tertiary/aromatic N) is 2. The number of likely N-dealkylation sites (tertiary alicyclic amines) is 1. The van der Waals surface area contributed by atoms with Crippen molar-refractivity contribution in [2.45, 2.75) is 57.9 Å². The van der Waals surface area contributed by atoms with Gasteiger partial charge in [0.2, 0.25) is 0 Å². The number of nitrogens with two attached hydrogens (primary N) is 1. The van der Waals surface area contributed by atoms with Crippen molar-refractivity contribution in [3.63, 3.8) is 0 Å². The van der Waals surface area contributed by atoms with E-state index in [4.69, 9.17) is 5.73 Å². The number of anilines is 1.